The number of aromatic amines is 1. The number of rotatable bonds is 6. The summed E-state index contributed by atoms with van der Waals surface area (Å²) in [5.74, 6) is 0. The van der Waals surface area contributed by atoms with Crippen LogP contribution in [-0.2, 0) is 6.42 Å². The summed E-state index contributed by atoms with van der Waals surface area (Å²) >= 11 is 1.53. The van der Waals surface area contributed by atoms with Crippen LogP contribution in [0.3, 0.4) is 0 Å². The Labute approximate surface area is 155 Å². The molecule has 0 aliphatic rings. The number of H-pyrrole nitrogens is 1. The largest absolute Gasteiger partial charge is 0.356 e. The van der Waals surface area contributed by atoms with Gasteiger partial charge in [0.15, 0.2) is 0 Å². The van der Waals surface area contributed by atoms with Crippen LogP contribution in [0.15, 0.2) is 48.5 Å². The lowest BCUT2D eigenvalue weighted by Gasteiger charge is -2.15. The minimum absolute atomic E-state index is 0.120. The van der Waals surface area contributed by atoms with E-state index in [9.17, 15) is 0 Å². The average Bonchev–Trinajstić information content (AvgIpc) is 3.29. The number of benzene rings is 2. The van der Waals surface area contributed by atoms with E-state index in [0.717, 1.165) is 38.7 Å². The molecule has 7 heteroatoms. The van der Waals surface area contributed by atoms with Crippen molar-refractivity contribution in [3.8, 4) is 10.6 Å². The number of fused-ring (bicyclic) bond motifs is 1. The lowest BCUT2D eigenvalue weighted by atomic mass is 10.1. The monoisotopic (exact) mass is 364 g/mol. The smallest absolute Gasteiger partial charge is 0.206 e. The highest BCUT2D eigenvalue weighted by atomic mass is 32.1. The highest BCUT2D eigenvalue weighted by molar-refractivity contribution is 7.18. The molecule has 132 valence electrons. The van der Waals surface area contributed by atoms with Crippen molar-refractivity contribution in [3.63, 3.8) is 0 Å². The van der Waals surface area contributed by atoms with Gasteiger partial charge < -0.3 is 11.1 Å². The van der Waals surface area contributed by atoms with Gasteiger partial charge in [0.1, 0.15) is 5.01 Å². The molecule has 0 aliphatic carbocycles. The number of nitrogens with two attached hydrogens (primary N) is 1. The summed E-state index contributed by atoms with van der Waals surface area (Å²) in [6.45, 7) is 2.55. The van der Waals surface area contributed by atoms with Gasteiger partial charge in [-0.1, -0.05) is 53.8 Å². The summed E-state index contributed by atoms with van der Waals surface area (Å²) in [4.78, 5) is 0. The SMILES string of the molecule is Cc1[nH]nc2cc(-c3nnc(N[C@@H](CN)Cc4ccccc4)s3)ccc12. The Morgan fingerprint density at radius 2 is 2.00 bits per heavy atom. The predicted octanol–water partition coefficient (Wildman–Crippen LogP) is 3.37. The standard InChI is InChI=1S/C19H20N6S/c1-12-16-8-7-14(10-17(16)23-22-12)18-24-25-19(26-18)21-15(11-20)9-13-5-3-2-4-6-13/h2-8,10,15H,9,11,20H2,1H3,(H,21,25)(H,22,23)/t15-/m1/s1. The molecule has 2 aromatic carbocycles. The third kappa shape index (κ3) is 3.44. The fraction of sp³-hybridized carbons (Fsp3) is 0.211. The number of nitrogens with zero attached hydrogens (tertiary/aromatic N) is 3. The fourth-order valence-electron chi connectivity index (χ4n) is 2.94. The Balaban J connectivity index is 1.51. The average molecular weight is 364 g/mol. The van der Waals surface area contributed by atoms with Crippen LogP contribution in [-0.4, -0.2) is 33.0 Å². The summed E-state index contributed by atoms with van der Waals surface area (Å²) in [5, 5.41) is 22.1. The maximum Gasteiger partial charge on any atom is 0.206 e. The van der Waals surface area contributed by atoms with E-state index < -0.39 is 0 Å². The molecule has 0 fully saturated rings. The normalized spacial score (nSPS) is 12.4. The van der Waals surface area contributed by atoms with Gasteiger partial charge in [-0.2, -0.15) is 5.10 Å². The zero-order valence-electron chi connectivity index (χ0n) is 14.4. The highest BCUT2D eigenvalue weighted by Crippen LogP contribution is 2.29. The highest BCUT2D eigenvalue weighted by Gasteiger charge is 2.13. The topological polar surface area (TPSA) is 92.5 Å². The lowest BCUT2D eigenvalue weighted by molar-refractivity contribution is 0.721. The summed E-state index contributed by atoms with van der Waals surface area (Å²) < 4.78 is 0. The van der Waals surface area contributed by atoms with E-state index in [1.807, 2.05) is 31.2 Å². The Bertz CT molecular complexity index is 1010. The second-order valence-electron chi connectivity index (χ2n) is 6.26. The van der Waals surface area contributed by atoms with Gasteiger partial charge in [0, 0.05) is 29.2 Å². The fourth-order valence-corrected chi connectivity index (χ4v) is 3.76. The Hall–Kier alpha value is -2.77. The molecule has 2 heterocycles. The van der Waals surface area contributed by atoms with Crippen molar-refractivity contribution in [3.05, 3.63) is 59.8 Å². The third-order valence-electron chi connectivity index (χ3n) is 4.35. The minimum Gasteiger partial charge on any atom is -0.356 e. The molecule has 26 heavy (non-hydrogen) atoms. The van der Waals surface area contributed by atoms with Crippen LogP contribution in [0.5, 0.6) is 0 Å². The first-order chi connectivity index (χ1) is 12.7. The van der Waals surface area contributed by atoms with Crippen molar-refractivity contribution < 1.29 is 0 Å². The molecule has 1 atom stereocenters. The number of nitrogens with one attached hydrogen (secondary N) is 2. The van der Waals surface area contributed by atoms with Crippen LogP contribution in [0, 0.1) is 6.92 Å². The molecular weight excluding hydrogens is 344 g/mol. The van der Waals surface area contributed by atoms with Gasteiger partial charge in [0.05, 0.1) is 5.52 Å². The lowest BCUT2D eigenvalue weighted by Crippen LogP contribution is -2.30. The molecular formula is C19H20N6S. The van der Waals surface area contributed by atoms with Crippen molar-refractivity contribution >= 4 is 27.4 Å². The second-order valence-corrected chi connectivity index (χ2v) is 7.24. The number of hydrogen-bond donors (Lipinski definition) is 3. The zero-order valence-corrected chi connectivity index (χ0v) is 15.3. The summed E-state index contributed by atoms with van der Waals surface area (Å²) in [6.07, 6.45) is 0.852. The molecule has 0 amide bonds. The quantitative estimate of drug-likeness (QED) is 0.488. The van der Waals surface area contributed by atoms with Gasteiger partial charge >= 0.3 is 0 Å². The van der Waals surface area contributed by atoms with E-state index in [2.05, 4.69) is 50.0 Å². The first-order valence-electron chi connectivity index (χ1n) is 8.52. The van der Waals surface area contributed by atoms with Gasteiger partial charge in [-0.3, -0.25) is 5.10 Å². The van der Waals surface area contributed by atoms with Crippen LogP contribution in [0.2, 0.25) is 0 Å². The molecule has 4 rings (SSSR count). The first-order valence-corrected chi connectivity index (χ1v) is 9.33. The van der Waals surface area contributed by atoms with E-state index >= 15 is 0 Å². The van der Waals surface area contributed by atoms with Crippen molar-refractivity contribution in [2.75, 3.05) is 11.9 Å². The summed E-state index contributed by atoms with van der Waals surface area (Å²) in [5.41, 5.74) is 10.2. The maximum absolute atomic E-state index is 5.93. The molecule has 0 bridgehead atoms. The molecule has 0 spiro atoms. The molecule has 0 saturated heterocycles. The Kier molecular flexibility index (Phi) is 4.64. The van der Waals surface area contributed by atoms with Gasteiger partial charge in [0.2, 0.25) is 5.13 Å². The molecule has 4 aromatic rings. The van der Waals surface area contributed by atoms with Gasteiger partial charge in [-0.05, 0) is 25.0 Å². The van der Waals surface area contributed by atoms with Crippen LogP contribution in [0.1, 0.15) is 11.3 Å². The Morgan fingerprint density at radius 1 is 1.15 bits per heavy atom. The van der Waals surface area contributed by atoms with E-state index in [-0.39, 0.29) is 6.04 Å². The second kappa shape index (κ2) is 7.23. The molecule has 0 aliphatic heterocycles. The number of aryl methyl sites for hydroxylation is 1. The Morgan fingerprint density at radius 3 is 2.81 bits per heavy atom. The summed E-state index contributed by atoms with van der Waals surface area (Å²) in [6, 6.07) is 16.6. The van der Waals surface area contributed by atoms with Crippen molar-refractivity contribution in [1.29, 1.82) is 0 Å². The summed E-state index contributed by atoms with van der Waals surface area (Å²) in [7, 11) is 0. The van der Waals surface area contributed by atoms with E-state index in [0.29, 0.717) is 6.54 Å². The molecule has 4 N–H and O–H groups in total. The van der Waals surface area contributed by atoms with Crippen molar-refractivity contribution in [2.45, 2.75) is 19.4 Å². The van der Waals surface area contributed by atoms with Gasteiger partial charge in [-0.25, -0.2) is 0 Å². The molecule has 6 nitrogen and oxygen atoms in total. The number of aromatic nitrogens is 4. The van der Waals surface area contributed by atoms with Crippen LogP contribution < -0.4 is 11.1 Å². The van der Waals surface area contributed by atoms with E-state index in [1.165, 1.54) is 16.9 Å². The molecule has 0 unspecified atom stereocenters. The molecule has 0 radical (unpaired) electrons. The first kappa shape index (κ1) is 16.7. The van der Waals surface area contributed by atoms with Crippen LogP contribution in [0.25, 0.3) is 21.5 Å². The number of anilines is 1. The van der Waals surface area contributed by atoms with Gasteiger partial charge in [-0.15, -0.1) is 10.2 Å². The molecule has 2 aromatic heterocycles. The van der Waals surface area contributed by atoms with Crippen LogP contribution in [0.4, 0.5) is 5.13 Å². The minimum atomic E-state index is 0.120. The third-order valence-corrected chi connectivity index (χ3v) is 5.26. The van der Waals surface area contributed by atoms with Crippen LogP contribution >= 0.6 is 11.3 Å². The number of hydrogen-bond acceptors (Lipinski definition) is 6. The molecule has 0 saturated carbocycles. The van der Waals surface area contributed by atoms with Crippen molar-refractivity contribution in [2.24, 2.45) is 5.73 Å². The maximum atomic E-state index is 5.93. The van der Waals surface area contributed by atoms with Gasteiger partial charge in [0.25, 0.3) is 0 Å². The van der Waals surface area contributed by atoms with Crippen molar-refractivity contribution in [1.82, 2.24) is 20.4 Å². The zero-order chi connectivity index (χ0) is 17.9. The predicted molar refractivity (Wildman–Crippen MR) is 106 cm³/mol. The van der Waals surface area contributed by atoms with E-state index in [4.69, 9.17) is 5.73 Å². The van der Waals surface area contributed by atoms with E-state index in [1.54, 1.807) is 0 Å².